The number of hydrogen-bond donors (Lipinski definition) is 1. The highest BCUT2D eigenvalue weighted by atomic mass is 35.5. The molecule has 0 atom stereocenters. The van der Waals surface area contributed by atoms with Gasteiger partial charge in [-0.05, 0) is 12.8 Å². The summed E-state index contributed by atoms with van der Waals surface area (Å²) in [5.74, 6) is 1.06. The number of anilines is 1. The van der Waals surface area contributed by atoms with E-state index in [0.29, 0.717) is 11.7 Å². The molecule has 2 aromatic heterocycles. The second-order valence-corrected chi connectivity index (χ2v) is 5.17. The Morgan fingerprint density at radius 2 is 2.11 bits per heavy atom. The summed E-state index contributed by atoms with van der Waals surface area (Å²) >= 11 is 6.13. The summed E-state index contributed by atoms with van der Waals surface area (Å²) in [6, 6.07) is 0. The molecule has 0 aromatic carbocycles. The number of aryl methyl sites for hydroxylation is 1. The van der Waals surface area contributed by atoms with Crippen LogP contribution in [0.2, 0.25) is 5.15 Å². The van der Waals surface area contributed by atoms with Gasteiger partial charge in [0.05, 0.1) is 6.20 Å². The molecular formula is C13H18ClN5. The minimum Gasteiger partial charge on any atom is -0.365 e. The molecule has 2 aromatic rings. The average Bonchev–Trinajstić information content (AvgIpc) is 2.67. The standard InChI is InChI=1S/C13H18ClN5/c1-8(2)11-12(14)16-7-17-13(11)15-5-10-6-18-19(4)9(10)3/h6-8H,5H2,1-4H3,(H,15,16,17). The first-order valence-corrected chi connectivity index (χ1v) is 6.60. The van der Waals surface area contributed by atoms with Crippen molar-refractivity contribution in [3.05, 3.63) is 34.5 Å². The second kappa shape index (κ2) is 5.57. The van der Waals surface area contributed by atoms with Gasteiger partial charge in [0.1, 0.15) is 17.3 Å². The quantitative estimate of drug-likeness (QED) is 0.875. The predicted molar refractivity (Wildman–Crippen MR) is 76.4 cm³/mol. The SMILES string of the molecule is Cc1c(CNc2ncnc(Cl)c2C(C)C)cnn1C. The normalized spacial score (nSPS) is 11.1. The molecular weight excluding hydrogens is 262 g/mol. The summed E-state index contributed by atoms with van der Waals surface area (Å²) in [5.41, 5.74) is 3.23. The minimum atomic E-state index is 0.270. The smallest absolute Gasteiger partial charge is 0.138 e. The molecule has 0 aliphatic carbocycles. The molecule has 0 unspecified atom stereocenters. The summed E-state index contributed by atoms with van der Waals surface area (Å²) in [6.07, 6.45) is 3.34. The van der Waals surface area contributed by atoms with E-state index >= 15 is 0 Å². The van der Waals surface area contributed by atoms with Crippen LogP contribution in [0, 0.1) is 6.92 Å². The van der Waals surface area contributed by atoms with Gasteiger partial charge in [-0.3, -0.25) is 4.68 Å². The number of rotatable bonds is 4. The maximum Gasteiger partial charge on any atom is 0.138 e. The third-order valence-corrected chi connectivity index (χ3v) is 3.50. The molecule has 6 heteroatoms. The van der Waals surface area contributed by atoms with Gasteiger partial charge in [-0.1, -0.05) is 25.4 Å². The maximum absolute atomic E-state index is 6.13. The molecule has 0 aliphatic heterocycles. The summed E-state index contributed by atoms with van der Waals surface area (Å²) < 4.78 is 1.85. The highest BCUT2D eigenvalue weighted by Gasteiger charge is 2.14. The molecule has 0 aliphatic rings. The zero-order valence-electron chi connectivity index (χ0n) is 11.6. The molecule has 0 bridgehead atoms. The molecule has 2 heterocycles. The van der Waals surface area contributed by atoms with Gasteiger partial charge in [0.25, 0.3) is 0 Å². The van der Waals surface area contributed by atoms with Gasteiger partial charge in [0.15, 0.2) is 0 Å². The van der Waals surface area contributed by atoms with Crippen LogP contribution in [0.1, 0.15) is 36.6 Å². The average molecular weight is 280 g/mol. The minimum absolute atomic E-state index is 0.270. The Kier molecular flexibility index (Phi) is 4.04. The van der Waals surface area contributed by atoms with E-state index in [1.165, 1.54) is 6.33 Å². The maximum atomic E-state index is 6.13. The lowest BCUT2D eigenvalue weighted by atomic mass is 10.1. The van der Waals surface area contributed by atoms with Crippen LogP contribution in [0.15, 0.2) is 12.5 Å². The van der Waals surface area contributed by atoms with Crippen molar-refractivity contribution in [1.82, 2.24) is 19.7 Å². The first-order valence-electron chi connectivity index (χ1n) is 6.22. The molecule has 0 amide bonds. The third kappa shape index (κ3) is 2.87. The first-order chi connectivity index (χ1) is 9.00. The van der Waals surface area contributed by atoms with Crippen molar-refractivity contribution in [2.45, 2.75) is 33.2 Å². The Morgan fingerprint density at radius 1 is 1.37 bits per heavy atom. The van der Waals surface area contributed by atoms with Crippen LogP contribution in [0.3, 0.4) is 0 Å². The van der Waals surface area contributed by atoms with Crippen molar-refractivity contribution in [3.63, 3.8) is 0 Å². The van der Waals surface area contributed by atoms with E-state index in [1.807, 2.05) is 24.9 Å². The van der Waals surface area contributed by atoms with Gasteiger partial charge in [0, 0.05) is 30.4 Å². The fourth-order valence-corrected chi connectivity index (χ4v) is 2.27. The molecule has 2 rings (SSSR count). The van der Waals surface area contributed by atoms with Crippen molar-refractivity contribution in [2.24, 2.45) is 7.05 Å². The molecule has 0 spiro atoms. The summed E-state index contributed by atoms with van der Waals surface area (Å²) in [4.78, 5) is 8.31. The fourth-order valence-electron chi connectivity index (χ4n) is 1.92. The Labute approximate surface area is 118 Å². The van der Waals surface area contributed by atoms with Gasteiger partial charge in [-0.25, -0.2) is 9.97 Å². The van der Waals surface area contributed by atoms with E-state index in [9.17, 15) is 0 Å². The van der Waals surface area contributed by atoms with Gasteiger partial charge in [-0.2, -0.15) is 5.10 Å². The number of hydrogen-bond acceptors (Lipinski definition) is 4. The summed E-state index contributed by atoms with van der Waals surface area (Å²) in [7, 11) is 1.93. The van der Waals surface area contributed by atoms with Crippen molar-refractivity contribution < 1.29 is 0 Å². The van der Waals surface area contributed by atoms with Crippen molar-refractivity contribution >= 4 is 17.4 Å². The zero-order chi connectivity index (χ0) is 14.0. The topological polar surface area (TPSA) is 55.6 Å². The number of nitrogens with zero attached hydrogens (tertiary/aromatic N) is 4. The monoisotopic (exact) mass is 279 g/mol. The summed E-state index contributed by atoms with van der Waals surface area (Å²) in [6.45, 7) is 6.86. The molecule has 1 N–H and O–H groups in total. The zero-order valence-corrected chi connectivity index (χ0v) is 12.4. The largest absolute Gasteiger partial charge is 0.365 e. The first kappa shape index (κ1) is 13.8. The molecule has 5 nitrogen and oxygen atoms in total. The van der Waals surface area contributed by atoms with Crippen LogP contribution in [0.25, 0.3) is 0 Å². The van der Waals surface area contributed by atoms with Crippen LogP contribution in [0.5, 0.6) is 0 Å². The molecule has 102 valence electrons. The molecule has 0 saturated heterocycles. The number of aromatic nitrogens is 4. The van der Waals surface area contributed by atoms with Crippen LogP contribution in [-0.2, 0) is 13.6 Å². The van der Waals surface area contributed by atoms with E-state index < -0.39 is 0 Å². The van der Waals surface area contributed by atoms with E-state index in [1.54, 1.807) is 0 Å². The van der Waals surface area contributed by atoms with Gasteiger partial charge in [-0.15, -0.1) is 0 Å². The fraction of sp³-hybridized carbons (Fsp3) is 0.462. The Bertz CT molecular complexity index is 576. The second-order valence-electron chi connectivity index (χ2n) is 4.81. The Hall–Kier alpha value is -1.62. The van der Waals surface area contributed by atoms with Crippen molar-refractivity contribution in [1.29, 1.82) is 0 Å². The van der Waals surface area contributed by atoms with Crippen molar-refractivity contribution in [3.8, 4) is 0 Å². The number of nitrogens with one attached hydrogen (secondary N) is 1. The van der Waals surface area contributed by atoms with Crippen LogP contribution < -0.4 is 5.32 Å². The van der Waals surface area contributed by atoms with Crippen LogP contribution in [-0.4, -0.2) is 19.7 Å². The highest BCUT2D eigenvalue weighted by Crippen LogP contribution is 2.28. The van der Waals surface area contributed by atoms with E-state index in [4.69, 9.17) is 11.6 Å². The highest BCUT2D eigenvalue weighted by molar-refractivity contribution is 6.30. The Balaban J connectivity index is 2.20. The van der Waals surface area contributed by atoms with E-state index in [-0.39, 0.29) is 5.92 Å². The predicted octanol–water partition coefficient (Wildman–Crippen LogP) is 2.91. The van der Waals surface area contributed by atoms with E-state index in [0.717, 1.165) is 22.6 Å². The third-order valence-electron chi connectivity index (χ3n) is 3.20. The lowest BCUT2D eigenvalue weighted by molar-refractivity contribution is 0.738. The van der Waals surface area contributed by atoms with Crippen molar-refractivity contribution in [2.75, 3.05) is 5.32 Å². The molecule has 0 saturated carbocycles. The molecule has 0 fully saturated rings. The lowest BCUT2D eigenvalue weighted by Crippen LogP contribution is -2.07. The summed E-state index contributed by atoms with van der Waals surface area (Å²) in [5, 5.41) is 8.05. The van der Waals surface area contributed by atoms with Crippen LogP contribution >= 0.6 is 11.6 Å². The van der Waals surface area contributed by atoms with Gasteiger partial charge in [0.2, 0.25) is 0 Å². The van der Waals surface area contributed by atoms with Gasteiger partial charge < -0.3 is 5.32 Å². The molecule has 0 radical (unpaired) electrons. The Morgan fingerprint density at radius 3 is 2.68 bits per heavy atom. The number of halogens is 1. The van der Waals surface area contributed by atoms with Gasteiger partial charge >= 0.3 is 0 Å². The van der Waals surface area contributed by atoms with Crippen LogP contribution in [0.4, 0.5) is 5.82 Å². The molecule has 19 heavy (non-hydrogen) atoms. The lowest BCUT2D eigenvalue weighted by Gasteiger charge is -2.14. The van der Waals surface area contributed by atoms with E-state index in [2.05, 4.69) is 34.2 Å².